The molecule has 3 nitrogen and oxygen atoms in total. The fourth-order valence-corrected chi connectivity index (χ4v) is 3.19. The van der Waals surface area contributed by atoms with Crippen LogP contribution in [-0.4, -0.2) is 38.7 Å². The van der Waals surface area contributed by atoms with Crippen molar-refractivity contribution in [3.8, 4) is 5.75 Å². The maximum atomic E-state index is 14.2. The van der Waals surface area contributed by atoms with Crippen LogP contribution in [0.15, 0.2) is 18.2 Å². The number of halogens is 1. The first-order chi connectivity index (χ1) is 9.96. The predicted molar refractivity (Wildman–Crippen MR) is 84.2 cm³/mol. The summed E-state index contributed by atoms with van der Waals surface area (Å²) in [4.78, 5) is 2.47. The zero-order chi connectivity index (χ0) is 15.5. The average molecular weight is 294 g/mol. The van der Waals surface area contributed by atoms with Gasteiger partial charge in [-0.3, -0.25) is 0 Å². The molecule has 1 saturated heterocycles. The van der Waals surface area contributed by atoms with E-state index in [0.29, 0.717) is 16.7 Å². The van der Waals surface area contributed by atoms with Gasteiger partial charge in [-0.1, -0.05) is 19.9 Å². The molecule has 1 N–H and O–H groups in total. The Morgan fingerprint density at radius 3 is 2.76 bits per heavy atom. The molecule has 1 aliphatic rings. The van der Waals surface area contributed by atoms with Gasteiger partial charge in [0.2, 0.25) is 0 Å². The lowest BCUT2D eigenvalue weighted by Crippen LogP contribution is -2.28. The highest BCUT2D eigenvalue weighted by atomic mass is 19.1. The third kappa shape index (κ3) is 3.95. The standard InChI is InChI=1S/C17H27FN2O/c1-17(2)9-11-20(12-17)10-8-14(19-3)16-13(18)6-5-7-15(16)21-4/h5-7,14,19H,8-12H2,1-4H3. The summed E-state index contributed by atoms with van der Waals surface area (Å²) in [5, 5.41) is 3.23. The van der Waals surface area contributed by atoms with Crippen LogP contribution in [0.4, 0.5) is 4.39 Å². The number of nitrogens with one attached hydrogen (secondary N) is 1. The maximum absolute atomic E-state index is 14.2. The van der Waals surface area contributed by atoms with Crippen molar-refractivity contribution in [2.75, 3.05) is 33.8 Å². The molecule has 0 aromatic heterocycles. The van der Waals surface area contributed by atoms with Crippen LogP contribution in [0.2, 0.25) is 0 Å². The molecule has 0 bridgehead atoms. The third-order valence-electron chi connectivity index (χ3n) is 4.42. The normalized spacial score (nSPS) is 19.7. The average Bonchev–Trinajstić information content (AvgIpc) is 2.80. The van der Waals surface area contributed by atoms with Gasteiger partial charge in [0.15, 0.2) is 0 Å². The Kier molecular flexibility index (Phi) is 5.22. The van der Waals surface area contributed by atoms with Gasteiger partial charge in [-0.15, -0.1) is 0 Å². The lowest BCUT2D eigenvalue weighted by atomic mass is 9.93. The zero-order valence-electron chi connectivity index (χ0n) is 13.6. The van der Waals surface area contributed by atoms with Crippen molar-refractivity contribution in [1.82, 2.24) is 10.2 Å². The molecule has 21 heavy (non-hydrogen) atoms. The molecule has 0 radical (unpaired) electrons. The van der Waals surface area contributed by atoms with Gasteiger partial charge >= 0.3 is 0 Å². The Labute approximate surface area is 127 Å². The van der Waals surface area contributed by atoms with Crippen molar-refractivity contribution in [2.24, 2.45) is 5.41 Å². The minimum absolute atomic E-state index is 0.0233. The Bertz CT molecular complexity index is 476. The molecular weight excluding hydrogens is 267 g/mol. The molecule has 4 heteroatoms. The number of nitrogens with zero attached hydrogens (tertiary/aromatic N) is 1. The van der Waals surface area contributed by atoms with Crippen LogP contribution in [0.3, 0.4) is 0 Å². The summed E-state index contributed by atoms with van der Waals surface area (Å²) in [5.41, 5.74) is 1.05. The molecule has 1 aromatic rings. The summed E-state index contributed by atoms with van der Waals surface area (Å²) >= 11 is 0. The fraction of sp³-hybridized carbons (Fsp3) is 0.647. The lowest BCUT2D eigenvalue weighted by Gasteiger charge is -2.24. The number of methoxy groups -OCH3 is 1. The van der Waals surface area contributed by atoms with Gasteiger partial charge in [-0.05, 0) is 50.5 Å². The molecule has 0 amide bonds. The van der Waals surface area contributed by atoms with Crippen LogP contribution >= 0.6 is 0 Å². The molecule has 1 heterocycles. The van der Waals surface area contributed by atoms with Crippen LogP contribution in [0, 0.1) is 11.2 Å². The number of hydrogen-bond donors (Lipinski definition) is 1. The summed E-state index contributed by atoms with van der Waals surface area (Å²) in [6, 6.07) is 4.99. The van der Waals surface area contributed by atoms with Crippen LogP contribution < -0.4 is 10.1 Å². The van der Waals surface area contributed by atoms with Gasteiger partial charge in [-0.2, -0.15) is 0 Å². The molecular formula is C17H27FN2O. The Morgan fingerprint density at radius 2 is 2.19 bits per heavy atom. The van der Waals surface area contributed by atoms with E-state index in [0.717, 1.165) is 26.1 Å². The van der Waals surface area contributed by atoms with E-state index in [2.05, 4.69) is 24.1 Å². The van der Waals surface area contributed by atoms with Gasteiger partial charge in [-0.25, -0.2) is 4.39 Å². The van der Waals surface area contributed by atoms with Crippen LogP contribution in [0.1, 0.15) is 38.3 Å². The van der Waals surface area contributed by atoms with Crippen molar-refractivity contribution in [1.29, 1.82) is 0 Å². The molecule has 1 atom stereocenters. The number of likely N-dealkylation sites (tertiary alicyclic amines) is 1. The first-order valence-electron chi connectivity index (χ1n) is 7.69. The summed E-state index contributed by atoms with van der Waals surface area (Å²) in [6.45, 7) is 7.85. The predicted octanol–water partition coefficient (Wildman–Crippen LogP) is 3.22. The summed E-state index contributed by atoms with van der Waals surface area (Å²) in [7, 11) is 3.47. The molecule has 2 rings (SSSR count). The second kappa shape index (κ2) is 6.75. The van der Waals surface area contributed by atoms with Crippen molar-refractivity contribution in [2.45, 2.75) is 32.7 Å². The molecule has 1 fully saturated rings. The van der Waals surface area contributed by atoms with Crippen molar-refractivity contribution < 1.29 is 9.13 Å². The highest BCUT2D eigenvalue weighted by molar-refractivity contribution is 5.37. The van der Waals surface area contributed by atoms with E-state index >= 15 is 0 Å². The Morgan fingerprint density at radius 1 is 1.43 bits per heavy atom. The molecule has 0 spiro atoms. The molecule has 118 valence electrons. The molecule has 0 saturated carbocycles. The molecule has 1 aliphatic heterocycles. The van der Waals surface area contributed by atoms with E-state index in [4.69, 9.17) is 4.74 Å². The van der Waals surface area contributed by atoms with E-state index < -0.39 is 0 Å². The molecule has 0 aliphatic carbocycles. The topological polar surface area (TPSA) is 24.5 Å². The SMILES string of the molecule is CNC(CCN1CCC(C)(C)C1)c1c(F)cccc1OC. The van der Waals surface area contributed by atoms with E-state index in [1.807, 2.05) is 13.1 Å². The minimum Gasteiger partial charge on any atom is -0.496 e. The first-order valence-corrected chi connectivity index (χ1v) is 7.69. The van der Waals surface area contributed by atoms with Gasteiger partial charge in [0.05, 0.1) is 7.11 Å². The maximum Gasteiger partial charge on any atom is 0.131 e. The smallest absolute Gasteiger partial charge is 0.131 e. The monoisotopic (exact) mass is 294 g/mol. The highest BCUT2D eigenvalue weighted by Gasteiger charge is 2.29. The third-order valence-corrected chi connectivity index (χ3v) is 4.42. The van der Waals surface area contributed by atoms with Crippen molar-refractivity contribution in [3.05, 3.63) is 29.6 Å². The highest BCUT2D eigenvalue weighted by Crippen LogP contribution is 2.32. The van der Waals surface area contributed by atoms with E-state index in [-0.39, 0.29) is 11.9 Å². The van der Waals surface area contributed by atoms with Crippen LogP contribution in [0.25, 0.3) is 0 Å². The number of benzene rings is 1. The van der Waals surface area contributed by atoms with Crippen LogP contribution in [0.5, 0.6) is 5.75 Å². The summed E-state index contributed by atoms with van der Waals surface area (Å²) in [6.07, 6.45) is 2.12. The summed E-state index contributed by atoms with van der Waals surface area (Å²) < 4.78 is 19.5. The van der Waals surface area contributed by atoms with Gasteiger partial charge in [0.1, 0.15) is 11.6 Å². The lowest BCUT2D eigenvalue weighted by molar-refractivity contribution is 0.273. The Hall–Kier alpha value is -1.13. The minimum atomic E-state index is -0.199. The zero-order valence-corrected chi connectivity index (χ0v) is 13.6. The molecule has 1 aromatic carbocycles. The number of ether oxygens (including phenoxy) is 1. The number of rotatable bonds is 6. The van der Waals surface area contributed by atoms with Crippen molar-refractivity contribution >= 4 is 0 Å². The van der Waals surface area contributed by atoms with Gasteiger partial charge in [0.25, 0.3) is 0 Å². The van der Waals surface area contributed by atoms with Crippen molar-refractivity contribution in [3.63, 3.8) is 0 Å². The fourth-order valence-electron chi connectivity index (χ4n) is 3.19. The van der Waals surface area contributed by atoms with E-state index in [9.17, 15) is 4.39 Å². The van der Waals surface area contributed by atoms with Crippen LogP contribution in [-0.2, 0) is 0 Å². The van der Waals surface area contributed by atoms with Gasteiger partial charge < -0.3 is 15.0 Å². The Balaban J connectivity index is 2.04. The second-order valence-electron chi connectivity index (χ2n) is 6.68. The largest absolute Gasteiger partial charge is 0.496 e. The van der Waals surface area contributed by atoms with Gasteiger partial charge in [0, 0.05) is 18.2 Å². The quantitative estimate of drug-likeness (QED) is 0.872. The van der Waals surface area contributed by atoms with E-state index in [1.165, 1.54) is 12.5 Å². The summed E-state index contributed by atoms with van der Waals surface area (Å²) in [5.74, 6) is 0.423. The second-order valence-corrected chi connectivity index (χ2v) is 6.68. The number of hydrogen-bond acceptors (Lipinski definition) is 3. The van der Waals surface area contributed by atoms with E-state index in [1.54, 1.807) is 13.2 Å². The molecule has 1 unspecified atom stereocenters. The first kappa shape index (κ1) is 16.2.